The van der Waals surface area contributed by atoms with Crippen molar-refractivity contribution in [3.8, 4) is 0 Å². The van der Waals surface area contributed by atoms with Gasteiger partial charge in [-0.2, -0.15) is 0 Å². The lowest BCUT2D eigenvalue weighted by atomic mass is 10.2. The Morgan fingerprint density at radius 3 is 2.54 bits per heavy atom. The van der Waals surface area contributed by atoms with Crippen LogP contribution in [0.15, 0.2) is 41.6 Å². The standard InChI is InChI=1S/C17H20N4O4S/c1-12-4-6-15(7-5-12)26(23,24)21-17-19-9-13(10-20-17)16(22)18-11-14-3-2-8-25-14/h4-7,9-10,14H,2-3,8,11H2,1H3,(H,18,22)(H,19,20,21)/t14-/m0/s1. The van der Waals surface area contributed by atoms with Crippen molar-refractivity contribution in [3.05, 3.63) is 47.8 Å². The minimum Gasteiger partial charge on any atom is -0.376 e. The van der Waals surface area contributed by atoms with Gasteiger partial charge in [0.15, 0.2) is 0 Å². The fourth-order valence-electron chi connectivity index (χ4n) is 2.51. The van der Waals surface area contributed by atoms with E-state index in [9.17, 15) is 13.2 Å². The summed E-state index contributed by atoms with van der Waals surface area (Å²) in [5, 5.41) is 2.76. The fourth-order valence-corrected chi connectivity index (χ4v) is 3.47. The first kappa shape index (κ1) is 18.3. The topological polar surface area (TPSA) is 110 Å². The number of benzene rings is 1. The summed E-state index contributed by atoms with van der Waals surface area (Å²) in [6.07, 6.45) is 4.53. The number of aryl methyl sites for hydroxylation is 1. The predicted octanol–water partition coefficient (Wildman–Crippen LogP) is 1.49. The molecule has 0 saturated carbocycles. The highest BCUT2D eigenvalue weighted by Crippen LogP contribution is 2.14. The van der Waals surface area contributed by atoms with Gasteiger partial charge in [-0.1, -0.05) is 17.7 Å². The normalized spacial score (nSPS) is 17.0. The summed E-state index contributed by atoms with van der Waals surface area (Å²) in [5.74, 6) is -0.422. The van der Waals surface area contributed by atoms with Crippen LogP contribution in [-0.2, 0) is 14.8 Å². The van der Waals surface area contributed by atoms with Gasteiger partial charge in [0.1, 0.15) is 0 Å². The molecular weight excluding hydrogens is 356 g/mol. The number of nitrogens with one attached hydrogen (secondary N) is 2. The number of carbonyl (C=O) groups is 1. The molecule has 1 fully saturated rings. The molecule has 0 spiro atoms. The molecule has 138 valence electrons. The van der Waals surface area contributed by atoms with Crippen LogP contribution in [0.2, 0.25) is 0 Å². The predicted molar refractivity (Wildman–Crippen MR) is 95.3 cm³/mol. The largest absolute Gasteiger partial charge is 0.376 e. The van der Waals surface area contributed by atoms with Crippen LogP contribution in [0.5, 0.6) is 0 Å². The van der Waals surface area contributed by atoms with E-state index in [1.54, 1.807) is 12.1 Å². The first-order valence-corrected chi connectivity index (χ1v) is 9.74. The van der Waals surface area contributed by atoms with Crippen molar-refractivity contribution in [2.45, 2.75) is 30.8 Å². The Morgan fingerprint density at radius 2 is 1.92 bits per heavy atom. The van der Waals surface area contributed by atoms with Gasteiger partial charge in [-0.25, -0.2) is 23.1 Å². The molecule has 8 nitrogen and oxygen atoms in total. The lowest BCUT2D eigenvalue weighted by molar-refractivity contribution is 0.0857. The zero-order valence-corrected chi connectivity index (χ0v) is 15.1. The van der Waals surface area contributed by atoms with Gasteiger partial charge < -0.3 is 10.1 Å². The summed E-state index contributed by atoms with van der Waals surface area (Å²) in [6.45, 7) is 3.02. The third-order valence-corrected chi connectivity index (χ3v) is 5.33. The number of sulfonamides is 1. The summed E-state index contributed by atoms with van der Waals surface area (Å²) in [7, 11) is -3.78. The van der Waals surface area contributed by atoms with Gasteiger partial charge >= 0.3 is 0 Å². The van der Waals surface area contributed by atoms with Crippen LogP contribution < -0.4 is 10.0 Å². The third-order valence-electron chi connectivity index (χ3n) is 3.99. The maximum absolute atomic E-state index is 12.3. The number of anilines is 1. The average Bonchev–Trinajstić information content (AvgIpc) is 3.14. The Balaban J connectivity index is 1.61. The van der Waals surface area contributed by atoms with Gasteiger partial charge in [0.2, 0.25) is 5.95 Å². The highest BCUT2D eigenvalue weighted by Gasteiger charge is 2.18. The van der Waals surface area contributed by atoms with Gasteiger partial charge in [-0.15, -0.1) is 0 Å². The van der Waals surface area contributed by atoms with Crippen LogP contribution in [0.3, 0.4) is 0 Å². The number of hydrogen-bond donors (Lipinski definition) is 2. The molecule has 9 heteroatoms. The molecule has 0 bridgehead atoms. The third kappa shape index (κ3) is 4.55. The number of hydrogen-bond acceptors (Lipinski definition) is 6. The highest BCUT2D eigenvalue weighted by molar-refractivity contribution is 7.92. The van der Waals surface area contributed by atoms with Crippen molar-refractivity contribution in [3.63, 3.8) is 0 Å². The van der Waals surface area contributed by atoms with E-state index in [1.165, 1.54) is 24.5 Å². The van der Waals surface area contributed by atoms with Crippen LogP contribution in [-0.4, -0.2) is 43.5 Å². The van der Waals surface area contributed by atoms with E-state index in [4.69, 9.17) is 4.74 Å². The Morgan fingerprint density at radius 1 is 1.23 bits per heavy atom. The summed E-state index contributed by atoms with van der Waals surface area (Å²) in [5.41, 5.74) is 1.21. The molecule has 1 amide bonds. The second-order valence-electron chi connectivity index (χ2n) is 6.06. The molecule has 0 unspecified atom stereocenters. The number of rotatable bonds is 6. The van der Waals surface area contributed by atoms with Gasteiger partial charge in [-0.05, 0) is 31.9 Å². The Bertz CT molecular complexity index is 861. The Labute approximate surface area is 152 Å². The van der Waals surface area contributed by atoms with Gasteiger partial charge in [-0.3, -0.25) is 4.79 Å². The highest BCUT2D eigenvalue weighted by atomic mass is 32.2. The van der Waals surface area contributed by atoms with E-state index in [2.05, 4.69) is 20.0 Å². The summed E-state index contributed by atoms with van der Waals surface area (Å²) < 4.78 is 32.3. The van der Waals surface area contributed by atoms with E-state index in [0.29, 0.717) is 6.54 Å². The minimum absolute atomic E-state index is 0.0421. The number of aromatic nitrogens is 2. The molecule has 26 heavy (non-hydrogen) atoms. The zero-order valence-electron chi connectivity index (χ0n) is 14.3. The molecule has 0 aliphatic carbocycles. The second kappa shape index (κ2) is 7.79. The second-order valence-corrected chi connectivity index (χ2v) is 7.74. The van der Waals surface area contributed by atoms with Crippen molar-refractivity contribution in [2.75, 3.05) is 17.9 Å². The quantitative estimate of drug-likeness (QED) is 0.790. The van der Waals surface area contributed by atoms with Crippen LogP contribution in [0.1, 0.15) is 28.8 Å². The van der Waals surface area contributed by atoms with Crippen LogP contribution in [0.4, 0.5) is 5.95 Å². The molecule has 3 rings (SSSR count). The Kier molecular flexibility index (Phi) is 5.48. The molecule has 2 N–H and O–H groups in total. The number of carbonyl (C=O) groups excluding carboxylic acids is 1. The van der Waals surface area contributed by atoms with Gasteiger partial charge in [0, 0.05) is 25.5 Å². The smallest absolute Gasteiger partial charge is 0.264 e. The van der Waals surface area contributed by atoms with E-state index in [-0.39, 0.29) is 28.4 Å². The molecule has 2 heterocycles. The molecule has 2 aromatic rings. The van der Waals surface area contributed by atoms with Gasteiger partial charge in [0.05, 0.1) is 16.6 Å². The molecule has 1 atom stereocenters. The lowest BCUT2D eigenvalue weighted by Gasteiger charge is -2.11. The lowest BCUT2D eigenvalue weighted by Crippen LogP contribution is -2.31. The van der Waals surface area contributed by atoms with Crippen LogP contribution >= 0.6 is 0 Å². The maximum Gasteiger partial charge on any atom is 0.264 e. The van der Waals surface area contributed by atoms with Gasteiger partial charge in [0.25, 0.3) is 15.9 Å². The number of ether oxygens (including phenoxy) is 1. The van der Waals surface area contributed by atoms with Crippen molar-refractivity contribution in [2.24, 2.45) is 0 Å². The number of amides is 1. The van der Waals surface area contributed by atoms with Crippen LogP contribution in [0, 0.1) is 6.92 Å². The maximum atomic E-state index is 12.3. The Hall–Kier alpha value is -2.52. The van der Waals surface area contributed by atoms with Crippen molar-refractivity contribution >= 4 is 21.9 Å². The average molecular weight is 376 g/mol. The van der Waals surface area contributed by atoms with E-state index in [0.717, 1.165) is 25.0 Å². The van der Waals surface area contributed by atoms with Crippen molar-refractivity contribution < 1.29 is 17.9 Å². The summed E-state index contributed by atoms with van der Waals surface area (Å²) in [4.78, 5) is 20.0. The van der Waals surface area contributed by atoms with E-state index in [1.807, 2.05) is 6.92 Å². The summed E-state index contributed by atoms with van der Waals surface area (Å²) in [6, 6.07) is 6.42. The van der Waals surface area contributed by atoms with E-state index >= 15 is 0 Å². The van der Waals surface area contributed by atoms with Crippen LogP contribution in [0.25, 0.3) is 0 Å². The molecule has 1 aliphatic heterocycles. The van der Waals surface area contributed by atoms with E-state index < -0.39 is 10.0 Å². The first-order chi connectivity index (χ1) is 12.4. The monoisotopic (exact) mass is 376 g/mol. The van der Waals surface area contributed by atoms with Crippen molar-refractivity contribution in [1.29, 1.82) is 0 Å². The molecule has 1 aromatic heterocycles. The molecule has 0 radical (unpaired) electrons. The molecule has 1 aliphatic rings. The minimum atomic E-state index is -3.78. The molecular formula is C17H20N4O4S. The molecule has 1 aromatic carbocycles. The zero-order chi connectivity index (χ0) is 18.6. The SMILES string of the molecule is Cc1ccc(S(=O)(=O)Nc2ncc(C(=O)NC[C@@H]3CCCO3)cn2)cc1. The number of nitrogens with zero attached hydrogens (tertiary/aromatic N) is 2. The molecule has 1 saturated heterocycles. The fraction of sp³-hybridized carbons (Fsp3) is 0.353. The first-order valence-electron chi connectivity index (χ1n) is 8.25. The van der Waals surface area contributed by atoms with Crippen molar-refractivity contribution in [1.82, 2.24) is 15.3 Å². The summed E-state index contributed by atoms with van der Waals surface area (Å²) >= 11 is 0.